The zero-order valence-electron chi connectivity index (χ0n) is 16.2. The number of aliphatic imine (C=N–C) groups is 1. The Morgan fingerprint density at radius 1 is 1.18 bits per heavy atom. The molecule has 148 valence electrons. The number of carbonyl (C=O) groups is 2. The Morgan fingerprint density at radius 3 is 2.57 bits per heavy atom. The molecule has 7 nitrogen and oxygen atoms in total. The van der Waals surface area contributed by atoms with Crippen molar-refractivity contribution in [1.82, 2.24) is 20.5 Å². The van der Waals surface area contributed by atoms with E-state index in [0.29, 0.717) is 32.0 Å². The molecule has 0 spiro atoms. The molecular weight excluding hydrogens is 354 g/mol. The fraction of sp³-hybridized carbons (Fsp3) is 0.524. The normalized spacial score (nSPS) is 28.2. The van der Waals surface area contributed by atoms with Crippen molar-refractivity contribution < 1.29 is 9.59 Å². The number of guanidine groups is 1. The van der Waals surface area contributed by atoms with Gasteiger partial charge in [0.25, 0.3) is 0 Å². The first-order valence-electron chi connectivity index (χ1n) is 10.1. The van der Waals surface area contributed by atoms with Crippen LogP contribution in [0.1, 0.15) is 25.5 Å². The number of likely N-dealkylation sites (tertiary alicyclic amines) is 1. The highest BCUT2D eigenvalue weighted by atomic mass is 16.2. The molecule has 2 aliphatic carbocycles. The van der Waals surface area contributed by atoms with Gasteiger partial charge in [-0.2, -0.15) is 0 Å². The lowest BCUT2D eigenvalue weighted by Gasteiger charge is -2.18. The van der Waals surface area contributed by atoms with Crippen LogP contribution in [-0.4, -0.2) is 47.3 Å². The molecule has 0 radical (unpaired) electrons. The van der Waals surface area contributed by atoms with E-state index in [0.717, 1.165) is 18.7 Å². The zero-order chi connectivity index (χ0) is 19.5. The number of rotatable bonds is 7. The van der Waals surface area contributed by atoms with Crippen molar-refractivity contribution in [2.24, 2.45) is 28.7 Å². The summed E-state index contributed by atoms with van der Waals surface area (Å²) in [6.45, 7) is 4.39. The van der Waals surface area contributed by atoms with Gasteiger partial charge in [-0.1, -0.05) is 18.2 Å². The van der Waals surface area contributed by atoms with Crippen molar-refractivity contribution in [1.29, 1.82) is 0 Å². The highest BCUT2D eigenvalue weighted by Gasteiger charge is 2.58. The largest absolute Gasteiger partial charge is 0.357 e. The minimum absolute atomic E-state index is 0.0302. The molecule has 1 aliphatic heterocycles. The van der Waals surface area contributed by atoms with E-state index in [2.05, 4.69) is 32.8 Å². The van der Waals surface area contributed by atoms with Gasteiger partial charge in [0.15, 0.2) is 5.96 Å². The van der Waals surface area contributed by atoms with Crippen LogP contribution in [0.25, 0.3) is 0 Å². The molecule has 4 rings (SSSR count). The number of hydrogen-bond donors (Lipinski definition) is 2. The Labute approximate surface area is 165 Å². The molecule has 1 aromatic rings. The third-order valence-electron chi connectivity index (χ3n) is 5.88. The quantitative estimate of drug-likeness (QED) is 0.245. The van der Waals surface area contributed by atoms with Gasteiger partial charge in [-0.25, -0.2) is 4.99 Å². The van der Waals surface area contributed by atoms with Gasteiger partial charge in [-0.15, -0.1) is 0 Å². The number of pyridine rings is 1. The molecule has 3 aliphatic rings. The van der Waals surface area contributed by atoms with Crippen LogP contribution in [0.3, 0.4) is 0 Å². The number of hydrogen-bond acceptors (Lipinski definition) is 4. The van der Waals surface area contributed by atoms with Crippen LogP contribution >= 0.6 is 0 Å². The summed E-state index contributed by atoms with van der Waals surface area (Å²) < 4.78 is 0. The van der Waals surface area contributed by atoms with Crippen LogP contribution in [0.4, 0.5) is 0 Å². The average Bonchev–Trinajstić information content (AvgIpc) is 3.39. The molecule has 2 amide bonds. The summed E-state index contributed by atoms with van der Waals surface area (Å²) in [6, 6.07) is 5.77. The lowest BCUT2D eigenvalue weighted by molar-refractivity contribution is -0.140. The zero-order valence-corrected chi connectivity index (χ0v) is 16.2. The van der Waals surface area contributed by atoms with E-state index in [9.17, 15) is 9.59 Å². The van der Waals surface area contributed by atoms with Gasteiger partial charge in [-0.05, 0) is 43.7 Å². The van der Waals surface area contributed by atoms with Gasteiger partial charge in [0.2, 0.25) is 11.8 Å². The summed E-state index contributed by atoms with van der Waals surface area (Å²) in [6.07, 6.45) is 7.69. The third kappa shape index (κ3) is 3.53. The van der Waals surface area contributed by atoms with E-state index < -0.39 is 0 Å². The van der Waals surface area contributed by atoms with Crippen molar-refractivity contribution in [2.75, 3.05) is 19.6 Å². The fourth-order valence-electron chi connectivity index (χ4n) is 4.62. The molecular formula is C21H27N5O2. The number of amides is 2. The number of nitrogens with zero attached hydrogens (tertiary/aromatic N) is 3. The predicted molar refractivity (Wildman–Crippen MR) is 106 cm³/mol. The molecule has 1 saturated carbocycles. The predicted octanol–water partition coefficient (Wildman–Crippen LogP) is 1.33. The summed E-state index contributed by atoms with van der Waals surface area (Å²) in [4.78, 5) is 35.7. The van der Waals surface area contributed by atoms with E-state index in [4.69, 9.17) is 0 Å². The maximum Gasteiger partial charge on any atom is 0.233 e. The molecule has 4 unspecified atom stereocenters. The van der Waals surface area contributed by atoms with Crippen LogP contribution in [-0.2, 0) is 16.1 Å². The molecule has 0 aromatic carbocycles. The maximum absolute atomic E-state index is 12.7. The second-order valence-corrected chi connectivity index (χ2v) is 7.62. The smallest absolute Gasteiger partial charge is 0.233 e. The van der Waals surface area contributed by atoms with E-state index in [-0.39, 0.29) is 35.5 Å². The minimum atomic E-state index is -0.104. The second kappa shape index (κ2) is 8.12. The van der Waals surface area contributed by atoms with Crippen molar-refractivity contribution in [3.05, 3.63) is 42.2 Å². The lowest BCUT2D eigenvalue weighted by Crippen LogP contribution is -2.40. The van der Waals surface area contributed by atoms with Crippen molar-refractivity contribution in [2.45, 2.75) is 26.3 Å². The highest BCUT2D eigenvalue weighted by molar-refractivity contribution is 6.06. The molecule has 2 N–H and O–H groups in total. The van der Waals surface area contributed by atoms with Gasteiger partial charge in [0, 0.05) is 25.8 Å². The molecule has 28 heavy (non-hydrogen) atoms. The first-order chi connectivity index (χ1) is 13.7. The van der Waals surface area contributed by atoms with Crippen molar-refractivity contribution in [3.8, 4) is 0 Å². The molecule has 2 bridgehead atoms. The van der Waals surface area contributed by atoms with E-state index in [1.807, 2.05) is 25.1 Å². The molecule has 7 heteroatoms. The lowest BCUT2D eigenvalue weighted by atomic mass is 9.85. The minimum Gasteiger partial charge on any atom is -0.357 e. The van der Waals surface area contributed by atoms with Crippen molar-refractivity contribution >= 4 is 17.8 Å². The molecule has 2 heterocycles. The van der Waals surface area contributed by atoms with E-state index in [1.165, 1.54) is 4.90 Å². The van der Waals surface area contributed by atoms with Gasteiger partial charge < -0.3 is 10.6 Å². The number of imide groups is 1. The Bertz CT molecular complexity index is 761. The Hall–Kier alpha value is -2.70. The highest BCUT2D eigenvalue weighted by Crippen LogP contribution is 2.52. The number of allylic oxidation sites excluding steroid dienone is 2. The van der Waals surface area contributed by atoms with Crippen LogP contribution in [0, 0.1) is 23.7 Å². The Balaban J connectivity index is 1.26. The Kier molecular flexibility index (Phi) is 5.41. The maximum atomic E-state index is 12.7. The van der Waals surface area contributed by atoms with Crippen LogP contribution in [0.2, 0.25) is 0 Å². The monoisotopic (exact) mass is 381 g/mol. The standard InChI is InChI=1S/C21H27N5O2/c1-2-22-21(25-13-16-6-3-4-9-23-16)24-10-5-11-26-19(27)17-14-7-8-15(12-14)18(17)20(26)28/h3-4,6-9,14-15,17-18H,2,5,10-13H2,1H3,(H2,22,24,25). The first-order valence-corrected chi connectivity index (χ1v) is 10.1. The summed E-state index contributed by atoms with van der Waals surface area (Å²) in [5, 5.41) is 6.48. The van der Waals surface area contributed by atoms with Crippen LogP contribution in [0.15, 0.2) is 41.5 Å². The molecule has 4 atom stereocenters. The summed E-state index contributed by atoms with van der Waals surface area (Å²) in [5.41, 5.74) is 0.905. The Morgan fingerprint density at radius 2 is 1.93 bits per heavy atom. The summed E-state index contributed by atoms with van der Waals surface area (Å²) in [7, 11) is 0. The van der Waals surface area contributed by atoms with E-state index in [1.54, 1.807) is 6.20 Å². The van der Waals surface area contributed by atoms with Crippen LogP contribution in [0.5, 0.6) is 0 Å². The summed E-state index contributed by atoms with van der Waals surface area (Å²) >= 11 is 0. The van der Waals surface area contributed by atoms with Gasteiger partial charge in [-0.3, -0.25) is 19.5 Å². The van der Waals surface area contributed by atoms with Crippen molar-refractivity contribution in [3.63, 3.8) is 0 Å². The SMILES string of the molecule is CCNC(=NCc1ccccn1)NCCCN1C(=O)C2C3C=CC(C3)C2C1=O. The third-order valence-corrected chi connectivity index (χ3v) is 5.88. The first kappa shape index (κ1) is 18.7. The number of fused-ring (bicyclic) bond motifs is 5. The number of carbonyl (C=O) groups excluding carboxylic acids is 2. The van der Waals surface area contributed by atoms with Crippen LogP contribution < -0.4 is 10.6 Å². The molecule has 2 fully saturated rings. The van der Waals surface area contributed by atoms with Gasteiger partial charge >= 0.3 is 0 Å². The number of aromatic nitrogens is 1. The number of nitrogens with one attached hydrogen (secondary N) is 2. The molecule has 1 saturated heterocycles. The summed E-state index contributed by atoms with van der Waals surface area (Å²) in [5.74, 6) is 1.11. The second-order valence-electron chi connectivity index (χ2n) is 7.62. The molecule has 1 aromatic heterocycles. The van der Waals surface area contributed by atoms with Gasteiger partial charge in [0.05, 0.1) is 24.1 Å². The fourth-order valence-corrected chi connectivity index (χ4v) is 4.62. The van der Waals surface area contributed by atoms with E-state index >= 15 is 0 Å². The van der Waals surface area contributed by atoms with Gasteiger partial charge in [0.1, 0.15) is 0 Å². The average molecular weight is 381 g/mol. The topological polar surface area (TPSA) is 86.7 Å².